The van der Waals surface area contributed by atoms with Crippen LogP contribution in [0.25, 0.3) is 11.3 Å². The van der Waals surface area contributed by atoms with Crippen LogP contribution < -0.4 is 0 Å². The van der Waals surface area contributed by atoms with Gasteiger partial charge in [-0.15, -0.1) is 0 Å². The topological polar surface area (TPSA) is 89.5 Å². The van der Waals surface area contributed by atoms with Crippen molar-refractivity contribution in [2.75, 3.05) is 0 Å². The summed E-state index contributed by atoms with van der Waals surface area (Å²) in [6, 6.07) is 10.4. The van der Waals surface area contributed by atoms with Gasteiger partial charge in [0, 0.05) is 11.8 Å². The zero-order chi connectivity index (χ0) is 19.6. The fourth-order valence-corrected chi connectivity index (χ4v) is 2.52. The van der Waals surface area contributed by atoms with E-state index in [1.807, 2.05) is 6.07 Å². The van der Waals surface area contributed by atoms with Gasteiger partial charge in [-0.2, -0.15) is 5.26 Å². The van der Waals surface area contributed by atoms with Crippen molar-refractivity contribution in [2.45, 2.75) is 0 Å². The number of phenols is 1. The molecule has 0 unspecified atom stereocenters. The Hall–Kier alpha value is -3.50. The van der Waals surface area contributed by atoms with E-state index in [0.717, 1.165) is 18.2 Å². The molecule has 5 nitrogen and oxygen atoms in total. The summed E-state index contributed by atoms with van der Waals surface area (Å²) in [6.07, 6.45) is 1.33. The molecule has 2 N–H and O–H groups in total. The zero-order valence-corrected chi connectivity index (χ0v) is 14.2. The Morgan fingerprint density at radius 3 is 2.48 bits per heavy atom. The Morgan fingerprint density at radius 2 is 1.81 bits per heavy atom. The molecule has 3 aromatic rings. The van der Waals surface area contributed by atoms with E-state index in [4.69, 9.17) is 11.6 Å². The Bertz CT molecular complexity index is 1110. The number of nitrogens with zero attached hydrogens (tertiary/aromatic N) is 3. The molecule has 0 saturated heterocycles. The van der Waals surface area contributed by atoms with Crippen molar-refractivity contribution >= 4 is 23.0 Å². The van der Waals surface area contributed by atoms with Crippen molar-refractivity contribution in [1.29, 1.82) is 5.26 Å². The lowest BCUT2D eigenvalue weighted by molar-refractivity contribution is 0.432. The first-order chi connectivity index (χ1) is 12.9. The van der Waals surface area contributed by atoms with E-state index in [0.29, 0.717) is 0 Å². The molecule has 27 heavy (non-hydrogen) atoms. The van der Waals surface area contributed by atoms with Crippen LogP contribution in [-0.4, -0.2) is 20.9 Å². The second kappa shape index (κ2) is 7.40. The van der Waals surface area contributed by atoms with Crippen LogP contribution in [0.4, 0.5) is 14.5 Å². The quantitative estimate of drug-likeness (QED) is 0.637. The highest BCUT2D eigenvalue weighted by Crippen LogP contribution is 2.33. The SMILES string of the molecule is N#C/C(=N\c1ccc(F)c(Cl)c1)c1ccnc(-c2ccc(F)c(O)c2)c1O. The lowest BCUT2D eigenvalue weighted by atomic mass is 10.0. The third kappa shape index (κ3) is 3.71. The van der Waals surface area contributed by atoms with Gasteiger partial charge >= 0.3 is 0 Å². The smallest absolute Gasteiger partial charge is 0.164 e. The van der Waals surface area contributed by atoms with E-state index in [-0.39, 0.29) is 39.0 Å². The van der Waals surface area contributed by atoms with Gasteiger partial charge in [0.2, 0.25) is 0 Å². The number of benzene rings is 2. The van der Waals surface area contributed by atoms with Gasteiger partial charge in [-0.1, -0.05) is 11.6 Å². The second-order valence-corrected chi connectivity index (χ2v) is 5.80. The van der Waals surface area contributed by atoms with E-state index < -0.39 is 17.4 Å². The lowest BCUT2D eigenvalue weighted by Crippen LogP contribution is -2.00. The summed E-state index contributed by atoms with van der Waals surface area (Å²) >= 11 is 5.71. The summed E-state index contributed by atoms with van der Waals surface area (Å²) in [5, 5.41) is 29.3. The fourth-order valence-electron chi connectivity index (χ4n) is 2.35. The van der Waals surface area contributed by atoms with Gasteiger partial charge < -0.3 is 10.2 Å². The van der Waals surface area contributed by atoms with Gasteiger partial charge in [-0.3, -0.25) is 4.98 Å². The van der Waals surface area contributed by atoms with Crippen molar-refractivity contribution in [3.05, 3.63) is 70.9 Å². The number of hydrogen-bond acceptors (Lipinski definition) is 5. The molecule has 1 aromatic heterocycles. The summed E-state index contributed by atoms with van der Waals surface area (Å²) in [5.74, 6) is -2.42. The number of aliphatic imine (C=N–C) groups is 1. The van der Waals surface area contributed by atoms with Crippen LogP contribution >= 0.6 is 11.6 Å². The first-order valence-electron chi connectivity index (χ1n) is 7.51. The van der Waals surface area contributed by atoms with Crippen molar-refractivity contribution < 1.29 is 19.0 Å². The minimum atomic E-state index is -0.818. The van der Waals surface area contributed by atoms with Crippen LogP contribution in [-0.2, 0) is 0 Å². The maximum Gasteiger partial charge on any atom is 0.164 e. The molecule has 2 aromatic carbocycles. The van der Waals surface area contributed by atoms with Crippen molar-refractivity contribution in [3.8, 4) is 28.8 Å². The molecular weight excluding hydrogens is 376 g/mol. The van der Waals surface area contributed by atoms with E-state index in [2.05, 4.69) is 9.98 Å². The zero-order valence-electron chi connectivity index (χ0n) is 13.5. The Balaban J connectivity index is 2.10. The minimum absolute atomic E-state index is 0.0305. The number of pyridine rings is 1. The van der Waals surface area contributed by atoms with Gasteiger partial charge in [-0.05, 0) is 42.5 Å². The molecule has 0 amide bonds. The highest BCUT2D eigenvalue weighted by atomic mass is 35.5. The number of rotatable bonds is 3. The second-order valence-electron chi connectivity index (χ2n) is 5.39. The van der Waals surface area contributed by atoms with Crippen molar-refractivity contribution in [1.82, 2.24) is 4.98 Å². The Labute approximate surface area is 157 Å². The number of phenolic OH excluding ortho intramolecular Hbond substituents is 1. The van der Waals surface area contributed by atoms with Crippen LogP contribution in [0.1, 0.15) is 5.56 Å². The summed E-state index contributed by atoms with van der Waals surface area (Å²) in [7, 11) is 0. The minimum Gasteiger partial charge on any atom is -0.505 e. The first-order valence-corrected chi connectivity index (χ1v) is 7.89. The lowest BCUT2D eigenvalue weighted by Gasteiger charge is -2.09. The van der Waals surface area contributed by atoms with Crippen molar-refractivity contribution in [3.63, 3.8) is 0 Å². The average Bonchev–Trinajstić information content (AvgIpc) is 2.65. The maximum absolute atomic E-state index is 13.3. The molecule has 0 atom stereocenters. The molecular formula is C19H10ClF2N3O2. The number of aromatic nitrogens is 1. The fraction of sp³-hybridized carbons (Fsp3) is 0. The monoisotopic (exact) mass is 385 g/mol. The standard InChI is InChI=1S/C19H10ClF2N3O2/c20-13-8-11(2-4-14(13)21)25-16(9-23)12-5-6-24-18(19(12)27)10-1-3-15(22)17(26)7-10/h1-8,26-27H/b25-16+. The van der Waals surface area contributed by atoms with Gasteiger partial charge in [0.15, 0.2) is 23.0 Å². The van der Waals surface area contributed by atoms with E-state index in [1.165, 1.54) is 30.5 Å². The predicted octanol–water partition coefficient (Wildman–Crippen LogP) is 4.74. The Kier molecular flexibility index (Phi) is 5.01. The molecule has 8 heteroatoms. The van der Waals surface area contributed by atoms with Gasteiger partial charge in [-0.25, -0.2) is 13.8 Å². The largest absolute Gasteiger partial charge is 0.505 e. The highest BCUT2D eigenvalue weighted by Gasteiger charge is 2.16. The summed E-state index contributed by atoms with van der Waals surface area (Å²) in [5.41, 5.74) is 0.394. The number of aromatic hydroxyl groups is 2. The molecule has 0 bridgehead atoms. The van der Waals surface area contributed by atoms with Gasteiger partial charge in [0.05, 0.1) is 16.3 Å². The summed E-state index contributed by atoms with van der Waals surface area (Å²) < 4.78 is 26.5. The molecule has 0 radical (unpaired) electrons. The van der Waals surface area contributed by atoms with Gasteiger partial charge in [0.1, 0.15) is 17.6 Å². The molecule has 134 valence electrons. The Morgan fingerprint density at radius 1 is 1.07 bits per heavy atom. The molecule has 0 aliphatic rings. The van der Waals surface area contributed by atoms with Crippen LogP contribution in [0.2, 0.25) is 5.02 Å². The number of halogens is 3. The molecule has 0 saturated carbocycles. The van der Waals surface area contributed by atoms with Crippen LogP contribution in [0.15, 0.2) is 53.7 Å². The highest BCUT2D eigenvalue weighted by molar-refractivity contribution is 6.31. The first kappa shape index (κ1) is 18.3. The average molecular weight is 386 g/mol. The van der Waals surface area contributed by atoms with E-state index >= 15 is 0 Å². The third-order valence-corrected chi connectivity index (χ3v) is 3.94. The summed E-state index contributed by atoms with van der Waals surface area (Å²) in [4.78, 5) is 8.09. The number of nitriles is 1. The van der Waals surface area contributed by atoms with E-state index in [1.54, 1.807) is 0 Å². The molecule has 0 aliphatic carbocycles. The molecule has 3 rings (SSSR count). The maximum atomic E-state index is 13.3. The van der Waals surface area contributed by atoms with E-state index in [9.17, 15) is 24.3 Å². The molecule has 0 fully saturated rings. The molecule has 0 aliphatic heterocycles. The van der Waals surface area contributed by atoms with Crippen molar-refractivity contribution in [2.24, 2.45) is 4.99 Å². The number of hydrogen-bond donors (Lipinski definition) is 2. The van der Waals surface area contributed by atoms with Crippen LogP contribution in [0, 0.1) is 23.0 Å². The molecule has 1 heterocycles. The normalized spacial score (nSPS) is 11.3. The predicted molar refractivity (Wildman–Crippen MR) is 96.2 cm³/mol. The van der Waals surface area contributed by atoms with Crippen LogP contribution in [0.5, 0.6) is 11.5 Å². The summed E-state index contributed by atoms with van der Waals surface area (Å²) in [6.45, 7) is 0. The van der Waals surface area contributed by atoms with Gasteiger partial charge in [0.25, 0.3) is 0 Å². The molecule has 0 spiro atoms. The van der Waals surface area contributed by atoms with Crippen LogP contribution in [0.3, 0.4) is 0 Å². The third-order valence-electron chi connectivity index (χ3n) is 3.65.